The van der Waals surface area contributed by atoms with Crippen molar-refractivity contribution in [2.24, 2.45) is 0 Å². The van der Waals surface area contributed by atoms with E-state index in [2.05, 4.69) is 18.9 Å². The Bertz CT molecular complexity index is 384. The van der Waals surface area contributed by atoms with Crippen molar-refractivity contribution in [1.29, 1.82) is 0 Å². The largest absolute Gasteiger partial charge is 0.480 e. The molecule has 1 unspecified atom stereocenters. The second-order valence-electron chi connectivity index (χ2n) is 6.26. The van der Waals surface area contributed by atoms with Gasteiger partial charge in [-0.2, -0.15) is 0 Å². The van der Waals surface area contributed by atoms with E-state index in [1.54, 1.807) is 13.8 Å². The Labute approximate surface area is 127 Å². The summed E-state index contributed by atoms with van der Waals surface area (Å²) in [6.07, 6.45) is 1.80. The van der Waals surface area contributed by atoms with Gasteiger partial charge < -0.3 is 19.8 Å². The van der Waals surface area contributed by atoms with Crippen LogP contribution in [0.25, 0.3) is 0 Å². The normalized spacial score (nSPS) is 21.0. The van der Waals surface area contributed by atoms with E-state index in [0.717, 1.165) is 25.9 Å². The van der Waals surface area contributed by atoms with Crippen molar-refractivity contribution >= 4 is 12.0 Å². The van der Waals surface area contributed by atoms with Crippen molar-refractivity contribution in [3.8, 4) is 0 Å². The molecule has 0 aromatic rings. The van der Waals surface area contributed by atoms with E-state index in [4.69, 9.17) is 0 Å². The fourth-order valence-corrected chi connectivity index (χ4v) is 2.88. The lowest BCUT2D eigenvalue weighted by Crippen LogP contribution is -2.59. The first-order chi connectivity index (χ1) is 9.75. The maximum Gasteiger partial charge on any atom is 0.329 e. The quantitative estimate of drug-likeness (QED) is 0.858. The highest BCUT2D eigenvalue weighted by molar-refractivity contribution is 5.85. The number of hydrogen-bond acceptors (Lipinski definition) is 3. The summed E-state index contributed by atoms with van der Waals surface area (Å²) < 4.78 is 0. The molecule has 1 heterocycles. The van der Waals surface area contributed by atoms with E-state index in [9.17, 15) is 14.7 Å². The van der Waals surface area contributed by atoms with Crippen molar-refractivity contribution in [3.05, 3.63) is 0 Å². The van der Waals surface area contributed by atoms with Crippen LogP contribution in [0.15, 0.2) is 0 Å². The highest BCUT2D eigenvalue weighted by Crippen LogP contribution is 2.21. The second kappa shape index (κ2) is 7.11. The zero-order valence-electron chi connectivity index (χ0n) is 13.9. The highest BCUT2D eigenvalue weighted by atomic mass is 16.4. The summed E-state index contributed by atoms with van der Waals surface area (Å²) in [6, 6.07) is -0.0179. The van der Waals surface area contributed by atoms with Crippen molar-refractivity contribution < 1.29 is 14.7 Å². The highest BCUT2D eigenvalue weighted by Gasteiger charge is 2.40. The number of aliphatic carboxylic acids is 1. The zero-order chi connectivity index (χ0) is 16.2. The maximum atomic E-state index is 12.9. The van der Waals surface area contributed by atoms with Crippen molar-refractivity contribution in [2.75, 3.05) is 33.2 Å². The number of amides is 2. The zero-order valence-corrected chi connectivity index (χ0v) is 13.9. The van der Waals surface area contributed by atoms with E-state index in [1.165, 1.54) is 4.90 Å². The van der Waals surface area contributed by atoms with Crippen LogP contribution in [0.3, 0.4) is 0 Å². The van der Waals surface area contributed by atoms with Crippen LogP contribution < -0.4 is 0 Å². The molecule has 1 rings (SSSR count). The summed E-state index contributed by atoms with van der Waals surface area (Å²) >= 11 is 0. The van der Waals surface area contributed by atoms with Crippen molar-refractivity contribution in [2.45, 2.75) is 52.1 Å². The molecule has 0 spiro atoms. The lowest BCUT2D eigenvalue weighted by atomic mass is 10.0. The number of nitrogens with zero attached hydrogens (tertiary/aromatic N) is 3. The van der Waals surface area contributed by atoms with Gasteiger partial charge in [0.05, 0.1) is 0 Å². The Morgan fingerprint density at radius 2 is 1.90 bits per heavy atom. The average molecular weight is 299 g/mol. The second-order valence-corrected chi connectivity index (χ2v) is 6.26. The lowest BCUT2D eigenvalue weighted by Gasteiger charge is -2.40. The minimum absolute atomic E-state index is 0.142. The Morgan fingerprint density at radius 1 is 1.29 bits per heavy atom. The molecule has 1 atom stereocenters. The number of carboxylic acids is 1. The third-order valence-electron chi connectivity index (χ3n) is 4.36. The Hall–Kier alpha value is -1.30. The summed E-state index contributed by atoms with van der Waals surface area (Å²) in [5.41, 5.74) is -1.19. The van der Waals surface area contributed by atoms with Crippen LogP contribution in [0.2, 0.25) is 0 Å². The number of urea groups is 1. The number of rotatable bonds is 4. The minimum atomic E-state index is -1.19. The monoisotopic (exact) mass is 299 g/mol. The maximum absolute atomic E-state index is 12.9. The molecule has 0 aromatic heterocycles. The van der Waals surface area contributed by atoms with Gasteiger partial charge in [0.2, 0.25) is 0 Å². The van der Waals surface area contributed by atoms with Gasteiger partial charge in [-0.25, -0.2) is 9.59 Å². The number of carbonyl (C=O) groups excluding carboxylic acids is 1. The minimum Gasteiger partial charge on any atom is -0.480 e. The van der Waals surface area contributed by atoms with E-state index < -0.39 is 11.5 Å². The topological polar surface area (TPSA) is 64.1 Å². The molecule has 1 fully saturated rings. The van der Waals surface area contributed by atoms with Crippen LogP contribution in [-0.2, 0) is 4.79 Å². The van der Waals surface area contributed by atoms with Crippen molar-refractivity contribution in [3.63, 3.8) is 0 Å². The standard InChI is InChI=1S/C15H29N3O3/c1-6-12-11-16(5)9-8-10-17(12)14(21)18(7-2)15(3,4)13(19)20/h12H,6-11H2,1-5H3,(H,19,20). The van der Waals surface area contributed by atoms with Gasteiger partial charge in [0.15, 0.2) is 0 Å². The molecule has 0 aromatic carbocycles. The van der Waals surface area contributed by atoms with Gasteiger partial charge >= 0.3 is 12.0 Å². The van der Waals surface area contributed by atoms with Gasteiger partial charge in [0.1, 0.15) is 5.54 Å². The van der Waals surface area contributed by atoms with E-state index in [-0.39, 0.29) is 12.1 Å². The van der Waals surface area contributed by atoms with Crippen LogP contribution in [0.4, 0.5) is 4.79 Å². The summed E-state index contributed by atoms with van der Waals surface area (Å²) in [5.74, 6) is -0.974. The number of carboxylic acid groups (broad SMARTS) is 1. The molecule has 21 heavy (non-hydrogen) atoms. The van der Waals surface area contributed by atoms with Gasteiger partial charge in [-0.3, -0.25) is 0 Å². The molecule has 6 heteroatoms. The summed E-state index contributed by atoms with van der Waals surface area (Å²) in [7, 11) is 2.06. The first kappa shape index (κ1) is 17.8. The van der Waals surface area contributed by atoms with Crippen LogP contribution in [0, 0.1) is 0 Å². The summed E-state index contributed by atoms with van der Waals surface area (Å²) in [5, 5.41) is 9.39. The van der Waals surface area contributed by atoms with E-state index in [0.29, 0.717) is 13.1 Å². The first-order valence-electron chi connectivity index (χ1n) is 7.75. The molecule has 0 saturated carbocycles. The molecule has 6 nitrogen and oxygen atoms in total. The Kier molecular flexibility index (Phi) is 6.01. The predicted molar refractivity (Wildman–Crippen MR) is 82.4 cm³/mol. The van der Waals surface area contributed by atoms with Gasteiger partial charge in [-0.05, 0) is 47.2 Å². The smallest absolute Gasteiger partial charge is 0.329 e. The molecule has 0 bridgehead atoms. The third-order valence-corrected chi connectivity index (χ3v) is 4.36. The summed E-state index contributed by atoms with van der Waals surface area (Å²) in [6.45, 7) is 9.95. The SMILES string of the molecule is CCC1CN(C)CCCN1C(=O)N(CC)C(C)(C)C(=O)O. The van der Waals surface area contributed by atoms with Gasteiger partial charge in [0.25, 0.3) is 0 Å². The summed E-state index contributed by atoms with van der Waals surface area (Å²) in [4.78, 5) is 29.9. The predicted octanol–water partition coefficient (Wildman–Crippen LogP) is 1.71. The van der Waals surface area contributed by atoms with Crippen LogP contribution in [-0.4, -0.2) is 76.6 Å². The average Bonchev–Trinajstić information content (AvgIpc) is 2.60. The first-order valence-corrected chi connectivity index (χ1v) is 7.75. The van der Waals surface area contributed by atoms with Crippen LogP contribution in [0.5, 0.6) is 0 Å². The fourth-order valence-electron chi connectivity index (χ4n) is 2.88. The van der Waals surface area contributed by atoms with Gasteiger partial charge in [-0.1, -0.05) is 6.92 Å². The van der Waals surface area contributed by atoms with Gasteiger partial charge in [-0.15, -0.1) is 0 Å². The van der Waals surface area contributed by atoms with Gasteiger partial charge in [0, 0.05) is 25.7 Å². The number of hydrogen-bond donors (Lipinski definition) is 1. The molecule has 0 radical (unpaired) electrons. The van der Waals surface area contributed by atoms with Crippen LogP contribution >= 0.6 is 0 Å². The fraction of sp³-hybridized carbons (Fsp3) is 0.867. The Balaban J connectivity index is 2.99. The lowest BCUT2D eigenvalue weighted by molar-refractivity contribution is -0.147. The van der Waals surface area contributed by atoms with Crippen molar-refractivity contribution in [1.82, 2.24) is 14.7 Å². The molecular formula is C15H29N3O3. The molecule has 1 saturated heterocycles. The van der Waals surface area contributed by atoms with Crippen LogP contribution in [0.1, 0.15) is 40.5 Å². The van der Waals surface area contributed by atoms with E-state index in [1.807, 2.05) is 11.8 Å². The molecule has 0 aliphatic carbocycles. The molecule has 2 amide bonds. The Morgan fingerprint density at radius 3 is 2.38 bits per heavy atom. The number of likely N-dealkylation sites (N-methyl/N-ethyl adjacent to an activating group) is 2. The third kappa shape index (κ3) is 3.87. The molecule has 1 N–H and O–H groups in total. The van der Waals surface area contributed by atoms with E-state index >= 15 is 0 Å². The molecule has 1 aliphatic rings. The number of carbonyl (C=O) groups is 2. The molecule has 1 aliphatic heterocycles. The molecule has 122 valence electrons. The molecular weight excluding hydrogens is 270 g/mol.